The number of fused-ring (bicyclic) bond motifs is 1. The highest BCUT2D eigenvalue weighted by atomic mass is 16.5. The number of ether oxygens (including phenoxy) is 1. The number of benzene rings is 4. The van der Waals surface area contributed by atoms with Crippen molar-refractivity contribution in [2.24, 2.45) is 5.73 Å². The summed E-state index contributed by atoms with van der Waals surface area (Å²) >= 11 is 0. The number of nitrogens with one attached hydrogen (secondary N) is 4. The Morgan fingerprint density at radius 1 is 0.841 bits per heavy atom. The van der Waals surface area contributed by atoms with Gasteiger partial charge in [-0.05, 0) is 46.0 Å². The third-order valence-corrected chi connectivity index (χ3v) is 7.30. The molecule has 226 valence electrons. The quantitative estimate of drug-likeness (QED) is 0.136. The molecule has 1 aliphatic rings. The molecule has 4 aromatic rings. The van der Waals surface area contributed by atoms with Crippen LogP contribution in [-0.4, -0.2) is 53.3 Å². The molecule has 0 bridgehead atoms. The van der Waals surface area contributed by atoms with Crippen LogP contribution in [0.1, 0.15) is 16.7 Å². The van der Waals surface area contributed by atoms with Crippen LogP contribution in [0.15, 0.2) is 97.1 Å². The zero-order valence-electron chi connectivity index (χ0n) is 23.7. The summed E-state index contributed by atoms with van der Waals surface area (Å²) < 4.78 is 5.86. The number of aliphatic carboxylic acids is 1. The second-order valence-corrected chi connectivity index (χ2v) is 10.6. The fraction of sp³-hybridized carbons (Fsp3) is 0.212. The van der Waals surface area contributed by atoms with E-state index in [1.165, 1.54) is 0 Å². The fourth-order valence-corrected chi connectivity index (χ4v) is 4.84. The zero-order chi connectivity index (χ0) is 31.1. The van der Waals surface area contributed by atoms with E-state index in [4.69, 9.17) is 15.6 Å². The van der Waals surface area contributed by atoms with E-state index in [2.05, 4.69) is 21.3 Å². The standard InChI is InChI=1S/C33H33N5O6/c34-26(32(41)42)17-20-11-14-25(15-12-20)44-31-28(30(40)38-31)37-29(39)27(36-33(43)35-19-21-6-2-1-3-7-21)18-22-10-13-23-8-4-5-9-24(23)16-22/h1-16,26-28,31H,17-19,34H2,(H,37,39)(H,38,40)(H,41,42)(H2,35,36,43)/t26-,27-,28+,31?/m0/s1. The van der Waals surface area contributed by atoms with Crippen molar-refractivity contribution in [1.29, 1.82) is 0 Å². The minimum atomic E-state index is -1.09. The third kappa shape index (κ3) is 7.69. The first-order chi connectivity index (χ1) is 21.2. The molecule has 1 saturated heterocycles. The van der Waals surface area contributed by atoms with Gasteiger partial charge in [-0.2, -0.15) is 0 Å². The summed E-state index contributed by atoms with van der Waals surface area (Å²) in [5.74, 6) is -1.65. The van der Waals surface area contributed by atoms with Crippen LogP contribution < -0.4 is 31.7 Å². The van der Waals surface area contributed by atoms with Gasteiger partial charge in [0.1, 0.15) is 17.8 Å². The summed E-state index contributed by atoms with van der Waals surface area (Å²) in [7, 11) is 0. The number of carbonyl (C=O) groups excluding carboxylic acids is 3. The number of rotatable bonds is 12. The molecule has 1 unspecified atom stereocenters. The minimum Gasteiger partial charge on any atom is -0.480 e. The Hall–Kier alpha value is -5.42. The predicted molar refractivity (Wildman–Crippen MR) is 163 cm³/mol. The maximum absolute atomic E-state index is 13.5. The van der Waals surface area contributed by atoms with E-state index in [0.717, 1.165) is 21.9 Å². The SMILES string of the molecule is N[C@@H](Cc1ccc(OC2NC(=O)[C@H]2NC(=O)[C@H](Cc2ccc3ccccc3c2)NC(=O)NCc2ccccc2)cc1)C(=O)O. The lowest BCUT2D eigenvalue weighted by atomic mass is 10.0. The van der Waals surface area contributed by atoms with E-state index in [1.54, 1.807) is 24.3 Å². The van der Waals surface area contributed by atoms with Gasteiger partial charge in [-0.15, -0.1) is 0 Å². The van der Waals surface area contributed by atoms with Gasteiger partial charge in [0, 0.05) is 13.0 Å². The van der Waals surface area contributed by atoms with Crippen LogP contribution in [0.2, 0.25) is 0 Å². The number of carboxylic acid groups (broad SMARTS) is 1. The Balaban J connectivity index is 1.25. The highest BCUT2D eigenvalue weighted by Crippen LogP contribution is 2.20. The first kappa shape index (κ1) is 30.1. The van der Waals surface area contributed by atoms with Crippen molar-refractivity contribution in [2.45, 2.75) is 43.7 Å². The number of hydrogen-bond donors (Lipinski definition) is 6. The smallest absolute Gasteiger partial charge is 0.320 e. The Bertz CT molecular complexity index is 1650. The lowest BCUT2D eigenvalue weighted by Gasteiger charge is -2.37. The number of carboxylic acids is 1. The molecule has 0 radical (unpaired) electrons. The summed E-state index contributed by atoms with van der Waals surface area (Å²) in [5.41, 5.74) is 8.05. The van der Waals surface area contributed by atoms with Gasteiger partial charge in [0.15, 0.2) is 6.04 Å². The molecule has 1 heterocycles. The van der Waals surface area contributed by atoms with Gasteiger partial charge in [0.05, 0.1) is 0 Å². The Kier molecular flexibility index (Phi) is 9.36. The van der Waals surface area contributed by atoms with E-state index in [0.29, 0.717) is 11.3 Å². The second-order valence-electron chi connectivity index (χ2n) is 10.6. The van der Waals surface area contributed by atoms with Gasteiger partial charge in [-0.25, -0.2) is 4.79 Å². The molecule has 5 rings (SSSR count). The van der Waals surface area contributed by atoms with Crippen LogP contribution >= 0.6 is 0 Å². The van der Waals surface area contributed by atoms with Crippen LogP contribution in [-0.2, 0) is 33.8 Å². The first-order valence-electron chi connectivity index (χ1n) is 14.2. The molecule has 0 aliphatic carbocycles. The lowest BCUT2D eigenvalue weighted by Crippen LogP contribution is -2.72. The van der Waals surface area contributed by atoms with Gasteiger partial charge in [-0.1, -0.05) is 84.9 Å². The maximum Gasteiger partial charge on any atom is 0.320 e. The zero-order valence-corrected chi connectivity index (χ0v) is 23.7. The molecule has 7 N–H and O–H groups in total. The van der Waals surface area contributed by atoms with Gasteiger partial charge < -0.3 is 36.8 Å². The summed E-state index contributed by atoms with van der Waals surface area (Å²) in [6.45, 7) is 0.277. The van der Waals surface area contributed by atoms with Crippen molar-refractivity contribution in [3.05, 3.63) is 114 Å². The molecule has 0 spiro atoms. The Morgan fingerprint density at radius 3 is 2.23 bits per heavy atom. The van der Waals surface area contributed by atoms with E-state index < -0.39 is 48.2 Å². The first-order valence-corrected chi connectivity index (χ1v) is 14.2. The number of urea groups is 1. The molecular weight excluding hydrogens is 562 g/mol. The predicted octanol–water partition coefficient (Wildman–Crippen LogP) is 2.22. The normalized spacial score (nSPS) is 17.0. The van der Waals surface area contributed by atoms with Gasteiger partial charge in [0.25, 0.3) is 5.91 Å². The van der Waals surface area contributed by atoms with Crippen LogP contribution in [0.25, 0.3) is 10.8 Å². The number of β-lactam (4-membered cyclic amide) rings is 1. The van der Waals surface area contributed by atoms with Gasteiger partial charge >= 0.3 is 12.0 Å². The molecule has 4 atom stereocenters. The summed E-state index contributed by atoms with van der Waals surface area (Å²) in [6.07, 6.45) is -0.499. The van der Waals surface area contributed by atoms with Crippen LogP contribution in [0.4, 0.5) is 4.79 Å². The van der Waals surface area contributed by atoms with Gasteiger partial charge in [-0.3, -0.25) is 14.4 Å². The molecular formula is C33H33N5O6. The van der Waals surface area contributed by atoms with E-state index >= 15 is 0 Å². The minimum absolute atomic E-state index is 0.152. The lowest BCUT2D eigenvalue weighted by molar-refractivity contribution is -0.143. The average Bonchev–Trinajstić information content (AvgIpc) is 3.03. The molecule has 4 aromatic carbocycles. The maximum atomic E-state index is 13.5. The van der Waals surface area contributed by atoms with E-state index in [1.807, 2.05) is 72.8 Å². The fourth-order valence-electron chi connectivity index (χ4n) is 4.84. The molecule has 11 nitrogen and oxygen atoms in total. The van der Waals surface area contributed by atoms with Crippen molar-refractivity contribution < 1.29 is 29.0 Å². The number of amides is 4. The molecule has 0 saturated carbocycles. The molecule has 1 aliphatic heterocycles. The third-order valence-electron chi connectivity index (χ3n) is 7.30. The monoisotopic (exact) mass is 595 g/mol. The molecule has 4 amide bonds. The summed E-state index contributed by atoms with van der Waals surface area (Å²) in [5, 5.41) is 22.0. The van der Waals surface area contributed by atoms with Crippen molar-refractivity contribution in [1.82, 2.24) is 21.3 Å². The highest BCUT2D eigenvalue weighted by Gasteiger charge is 2.43. The molecule has 11 heteroatoms. The average molecular weight is 596 g/mol. The van der Waals surface area contributed by atoms with Crippen LogP contribution in [0, 0.1) is 0 Å². The number of nitrogens with two attached hydrogens (primary N) is 1. The van der Waals surface area contributed by atoms with Crippen molar-refractivity contribution in [3.63, 3.8) is 0 Å². The van der Waals surface area contributed by atoms with E-state index in [-0.39, 0.29) is 19.4 Å². The largest absolute Gasteiger partial charge is 0.480 e. The van der Waals surface area contributed by atoms with Crippen molar-refractivity contribution in [3.8, 4) is 5.75 Å². The van der Waals surface area contributed by atoms with E-state index in [9.17, 15) is 19.2 Å². The van der Waals surface area contributed by atoms with Crippen LogP contribution in [0.5, 0.6) is 5.75 Å². The Morgan fingerprint density at radius 2 is 1.52 bits per heavy atom. The topological polar surface area (TPSA) is 172 Å². The van der Waals surface area contributed by atoms with Gasteiger partial charge in [0.2, 0.25) is 12.1 Å². The van der Waals surface area contributed by atoms with Crippen molar-refractivity contribution >= 4 is 34.6 Å². The second kappa shape index (κ2) is 13.7. The summed E-state index contributed by atoms with van der Waals surface area (Å²) in [6, 6.07) is 26.2. The highest BCUT2D eigenvalue weighted by molar-refractivity contribution is 5.95. The molecule has 44 heavy (non-hydrogen) atoms. The number of carbonyl (C=O) groups is 4. The number of hydrogen-bond acceptors (Lipinski definition) is 6. The summed E-state index contributed by atoms with van der Waals surface area (Å²) in [4.78, 5) is 49.8. The van der Waals surface area contributed by atoms with Crippen LogP contribution in [0.3, 0.4) is 0 Å². The molecule has 0 aromatic heterocycles. The van der Waals surface area contributed by atoms with Crippen molar-refractivity contribution in [2.75, 3.05) is 0 Å². The Labute approximate surface area is 253 Å². The molecule has 1 fully saturated rings.